The molecule has 0 spiro atoms. The summed E-state index contributed by atoms with van der Waals surface area (Å²) >= 11 is 5.79. The summed E-state index contributed by atoms with van der Waals surface area (Å²) < 4.78 is 24.6. The fraction of sp³-hybridized carbons (Fsp3) is 0.429. The Bertz CT molecular complexity index is 1000. The molecule has 1 aliphatic rings. The number of nitrogens with one attached hydrogen (secondary N) is 1. The molecule has 1 aromatic carbocycles. The molecule has 164 valence electrons. The average Bonchev–Trinajstić information content (AvgIpc) is 2.75. The highest BCUT2D eigenvalue weighted by Crippen LogP contribution is 2.29. The summed E-state index contributed by atoms with van der Waals surface area (Å²) in [5.41, 5.74) is -0.230. The number of hydrogen-bond acceptors (Lipinski definition) is 8. The van der Waals surface area contributed by atoms with Crippen molar-refractivity contribution in [3.63, 3.8) is 0 Å². The van der Waals surface area contributed by atoms with Crippen molar-refractivity contribution < 1.29 is 18.7 Å². The Labute approximate surface area is 184 Å². The maximum absolute atomic E-state index is 14.0. The van der Waals surface area contributed by atoms with Crippen LogP contribution < -0.4 is 15.0 Å². The van der Waals surface area contributed by atoms with Crippen molar-refractivity contribution in [1.82, 2.24) is 9.97 Å². The number of hydrogen-bond donors (Lipinski definition) is 1. The number of nitriles is 1. The standard InChI is InChI=1S/C21H23ClFN5O3/c1-12(2)25-19-20(27-18(21(29)30-3)16(11-24)26-19)28-8-6-14(7-9-28)31-17-5-4-13(22)10-15(17)23/h4-5,10,12,14H,6-9H2,1-3H3,(H,25,26). The highest BCUT2D eigenvalue weighted by molar-refractivity contribution is 6.30. The Morgan fingerprint density at radius 2 is 2.06 bits per heavy atom. The van der Waals surface area contributed by atoms with E-state index in [0.717, 1.165) is 0 Å². The molecule has 0 radical (unpaired) electrons. The molecular weight excluding hydrogens is 425 g/mol. The second kappa shape index (κ2) is 9.79. The summed E-state index contributed by atoms with van der Waals surface area (Å²) in [6.07, 6.45) is 1.04. The predicted octanol–water partition coefficient (Wildman–Crippen LogP) is 3.80. The number of anilines is 2. The topological polar surface area (TPSA) is 100 Å². The highest BCUT2D eigenvalue weighted by atomic mass is 35.5. The fourth-order valence-electron chi connectivity index (χ4n) is 3.27. The third kappa shape index (κ3) is 5.33. The number of carbonyl (C=O) groups is 1. The van der Waals surface area contributed by atoms with E-state index in [1.54, 1.807) is 6.07 Å². The predicted molar refractivity (Wildman–Crippen MR) is 114 cm³/mol. The second-order valence-electron chi connectivity index (χ2n) is 7.37. The number of methoxy groups -OCH3 is 1. The van der Waals surface area contributed by atoms with Crippen molar-refractivity contribution in [2.75, 3.05) is 30.4 Å². The Kier molecular flexibility index (Phi) is 7.13. The number of esters is 1. The van der Waals surface area contributed by atoms with Gasteiger partial charge in [-0.3, -0.25) is 0 Å². The van der Waals surface area contributed by atoms with Gasteiger partial charge in [0.1, 0.15) is 12.2 Å². The number of piperidine rings is 1. The zero-order valence-corrected chi connectivity index (χ0v) is 18.2. The van der Waals surface area contributed by atoms with Crippen LogP contribution in [-0.2, 0) is 4.74 Å². The molecule has 1 saturated heterocycles. The molecule has 3 rings (SSSR count). The molecule has 1 N–H and O–H groups in total. The quantitative estimate of drug-likeness (QED) is 0.667. The largest absolute Gasteiger partial charge is 0.487 e. The summed E-state index contributed by atoms with van der Waals surface area (Å²) in [5, 5.41) is 12.9. The third-order valence-corrected chi connectivity index (χ3v) is 4.95. The smallest absolute Gasteiger partial charge is 0.359 e. The van der Waals surface area contributed by atoms with Crippen LogP contribution in [-0.4, -0.2) is 48.3 Å². The highest BCUT2D eigenvalue weighted by Gasteiger charge is 2.28. The van der Waals surface area contributed by atoms with Crippen LogP contribution in [0.3, 0.4) is 0 Å². The number of halogens is 2. The van der Waals surface area contributed by atoms with Crippen LogP contribution >= 0.6 is 11.6 Å². The lowest BCUT2D eigenvalue weighted by molar-refractivity contribution is 0.0593. The summed E-state index contributed by atoms with van der Waals surface area (Å²) in [6.45, 7) is 4.97. The number of rotatable bonds is 6. The molecule has 0 amide bonds. The Balaban J connectivity index is 1.80. The number of benzene rings is 1. The fourth-order valence-corrected chi connectivity index (χ4v) is 3.43. The molecule has 10 heteroatoms. The molecule has 0 atom stereocenters. The van der Waals surface area contributed by atoms with E-state index >= 15 is 0 Å². The summed E-state index contributed by atoms with van der Waals surface area (Å²) in [5.74, 6) is -0.181. The molecule has 2 heterocycles. The van der Waals surface area contributed by atoms with Crippen LogP contribution in [0.25, 0.3) is 0 Å². The van der Waals surface area contributed by atoms with E-state index in [2.05, 4.69) is 15.3 Å². The van der Waals surface area contributed by atoms with Crippen LogP contribution in [0.4, 0.5) is 16.0 Å². The maximum Gasteiger partial charge on any atom is 0.359 e. The Hall–Kier alpha value is -3.12. The van der Waals surface area contributed by atoms with Gasteiger partial charge in [0.2, 0.25) is 0 Å². The van der Waals surface area contributed by atoms with Crippen LogP contribution in [0.2, 0.25) is 5.02 Å². The summed E-state index contributed by atoms with van der Waals surface area (Å²) in [4.78, 5) is 22.8. The van der Waals surface area contributed by atoms with Gasteiger partial charge in [-0.15, -0.1) is 0 Å². The average molecular weight is 448 g/mol. The molecule has 1 fully saturated rings. The molecule has 31 heavy (non-hydrogen) atoms. The molecular formula is C21H23ClFN5O3. The SMILES string of the molecule is COC(=O)c1nc(N2CCC(Oc3ccc(Cl)cc3F)CC2)c(NC(C)C)nc1C#N. The maximum atomic E-state index is 14.0. The minimum atomic E-state index is -0.724. The van der Waals surface area contributed by atoms with Gasteiger partial charge in [0, 0.05) is 37.0 Å². The van der Waals surface area contributed by atoms with Gasteiger partial charge in [0.25, 0.3) is 0 Å². The van der Waals surface area contributed by atoms with Crippen LogP contribution in [0, 0.1) is 17.1 Å². The van der Waals surface area contributed by atoms with Gasteiger partial charge in [-0.2, -0.15) is 5.26 Å². The van der Waals surface area contributed by atoms with Gasteiger partial charge in [-0.1, -0.05) is 11.6 Å². The van der Waals surface area contributed by atoms with E-state index < -0.39 is 11.8 Å². The first-order valence-electron chi connectivity index (χ1n) is 9.86. The van der Waals surface area contributed by atoms with Crippen LogP contribution in [0.5, 0.6) is 5.75 Å². The van der Waals surface area contributed by atoms with Gasteiger partial charge >= 0.3 is 5.97 Å². The van der Waals surface area contributed by atoms with Crippen molar-refractivity contribution >= 4 is 29.2 Å². The van der Waals surface area contributed by atoms with Gasteiger partial charge in [-0.25, -0.2) is 19.2 Å². The van der Waals surface area contributed by atoms with E-state index in [4.69, 9.17) is 21.1 Å². The van der Waals surface area contributed by atoms with E-state index in [0.29, 0.717) is 42.6 Å². The lowest BCUT2D eigenvalue weighted by Crippen LogP contribution is -2.39. The number of aromatic nitrogens is 2. The number of ether oxygens (including phenoxy) is 2. The monoisotopic (exact) mass is 447 g/mol. The molecule has 1 aliphatic heterocycles. The number of nitrogens with zero attached hydrogens (tertiary/aromatic N) is 4. The van der Waals surface area contributed by atoms with Crippen molar-refractivity contribution in [1.29, 1.82) is 5.26 Å². The molecule has 1 aromatic heterocycles. The van der Waals surface area contributed by atoms with Crippen molar-refractivity contribution in [2.24, 2.45) is 0 Å². The van der Waals surface area contributed by atoms with Crippen LogP contribution in [0.15, 0.2) is 18.2 Å². The van der Waals surface area contributed by atoms with Crippen molar-refractivity contribution in [2.45, 2.75) is 38.8 Å². The Morgan fingerprint density at radius 3 is 2.65 bits per heavy atom. The van der Waals surface area contributed by atoms with Gasteiger partial charge in [0.15, 0.2) is 34.6 Å². The lowest BCUT2D eigenvalue weighted by atomic mass is 10.1. The van der Waals surface area contributed by atoms with E-state index in [9.17, 15) is 14.4 Å². The van der Waals surface area contributed by atoms with Gasteiger partial charge in [0.05, 0.1) is 7.11 Å². The zero-order chi connectivity index (χ0) is 22.5. The van der Waals surface area contributed by atoms with Crippen molar-refractivity contribution in [3.8, 4) is 11.8 Å². The summed E-state index contributed by atoms with van der Waals surface area (Å²) in [7, 11) is 1.23. The van der Waals surface area contributed by atoms with Gasteiger partial charge in [-0.05, 0) is 32.0 Å². The van der Waals surface area contributed by atoms with E-state index in [1.807, 2.05) is 24.8 Å². The van der Waals surface area contributed by atoms with Crippen LogP contribution in [0.1, 0.15) is 42.9 Å². The van der Waals surface area contributed by atoms with Gasteiger partial charge < -0.3 is 19.7 Å². The zero-order valence-electron chi connectivity index (χ0n) is 17.5. The minimum absolute atomic E-state index is 0.0392. The van der Waals surface area contributed by atoms with Crippen molar-refractivity contribution in [3.05, 3.63) is 40.4 Å². The third-order valence-electron chi connectivity index (χ3n) is 4.72. The second-order valence-corrected chi connectivity index (χ2v) is 7.81. The Morgan fingerprint density at radius 1 is 1.35 bits per heavy atom. The number of carbonyl (C=O) groups excluding carboxylic acids is 1. The first-order chi connectivity index (χ1) is 14.8. The minimum Gasteiger partial charge on any atom is -0.487 e. The molecule has 8 nitrogen and oxygen atoms in total. The molecule has 0 aliphatic carbocycles. The first kappa shape index (κ1) is 22.6. The van der Waals surface area contributed by atoms with E-state index in [1.165, 1.54) is 19.2 Å². The lowest BCUT2D eigenvalue weighted by Gasteiger charge is -2.34. The molecule has 2 aromatic rings. The molecule has 0 bridgehead atoms. The summed E-state index contributed by atoms with van der Waals surface area (Å²) in [6, 6.07) is 6.26. The molecule has 0 unspecified atom stereocenters. The first-order valence-corrected chi connectivity index (χ1v) is 10.2. The molecule has 0 saturated carbocycles. The normalized spacial score (nSPS) is 14.3. The van der Waals surface area contributed by atoms with E-state index in [-0.39, 0.29) is 29.3 Å².